The summed E-state index contributed by atoms with van der Waals surface area (Å²) in [6.45, 7) is 3.81. The molecule has 1 heterocycles. The van der Waals surface area contributed by atoms with Crippen molar-refractivity contribution < 1.29 is 23.8 Å². The van der Waals surface area contributed by atoms with E-state index in [2.05, 4.69) is 10.3 Å². The maximum Gasteiger partial charge on any atom is 0.407 e. The standard InChI is InChI=1S/C21H23N3O5/c1-12(2)17(24-21(27)28-11-13-6-4-3-5-7-13)18(25)20-23-15-10-14(19(22)26)8-9-16(15)29-20/h3-10,12,17-18,25H,11H2,1-2H3,(H2,22,26)(H,24,27). The Morgan fingerprint density at radius 3 is 2.59 bits per heavy atom. The normalized spacial score (nSPS) is 13.2. The Morgan fingerprint density at radius 2 is 1.93 bits per heavy atom. The highest BCUT2D eigenvalue weighted by Gasteiger charge is 2.30. The van der Waals surface area contributed by atoms with Crippen molar-refractivity contribution in [1.82, 2.24) is 10.3 Å². The molecule has 0 fully saturated rings. The topological polar surface area (TPSA) is 128 Å². The van der Waals surface area contributed by atoms with Crippen molar-refractivity contribution in [2.45, 2.75) is 32.6 Å². The van der Waals surface area contributed by atoms with Crippen molar-refractivity contribution in [3.63, 3.8) is 0 Å². The Bertz CT molecular complexity index is 1000. The summed E-state index contributed by atoms with van der Waals surface area (Å²) < 4.78 is 10.8. The Morgan fingerprint density at radius 1 is 1.21 bits per heavy atom. The average Bonchev–Trinajstić information content (AvgIpc) is 3.14. The summed E-state index contributed by atoms with van der Waals surface area (Å²) in [5, 5.41) is 13.4. The third kappa shape index (κ3) is 4.91. The van der Waals surface area contributed by atoms with Gasteiger partial charge in [-0.2, -0.15) is 0 Å². The number of rotatable bonds is 7. The summed E-state index contributed by atoms with van der Waals surface area (Å²) >= 11 is 0. The summed E-state index contributed by atoms with van der Waals surface area (Å²) in [6, 6.07) is 13.2. The van der Waals surface area contributed by atoms with Gasteiger partial charge in [-0.15, -0.1) is 0 Å². The lowest BCUT2D eigenvalue weighted by molar-refractivity contribution is 0.0701. The smallest absolute Gasteiger partial charge is 0.407 e. The van der Waals surface area contributed by atoms with Gasteiger partial charge in [0.2, 0.25) is 11.8 Å². The van der Waals surface area contributed by atoms with E-state index < -0.39 is 24.1 Å². The molecule has 1 aromatic heterocycles. The van der Waals surface area contributed by atoms with Crippen molar-refractivity contribution in [1.29, 1.82) is 0 Å². The van der Waals surface area contributed by atoms with Crippen LogP contribution in [-0.2, 0) is 11.3 Å². The zero-order chi connectivity index (χ0) is 21.0. The number of hydrogen-bond acceptors (Lipinski definition) is 6. The van der Waals surface area contributed by atoms with E-state index in [-0.39, 0.29) is 24.0 Å². The maximum absolute atomic E-state index is 12.2. The second-order valence-electron chi connectivity index (χ2n) is 7.02. The van der Waals surface area contributed by atoms with Crippen molar-refractivity contribution in [2.24, 2.45) is 11.7 Å². The highest BCUT2D eigenvalue weighted by Crippen LogP contribution is 2.26. The van der Waals surface area contributed by atoms with Gasteiger partial charge in [0.05, 0.1) is 6.04 Å². The van der Waals surface area contributed by atoms with E-state index in [1.807, 2.05) is 44.2 Å². The number of ether oxygens (including phenoxy) is 1. The van der Waals surface area contributed by atoms with E-state index in [9.17, 15) is 14.7 Å². The molecule has 2 aromatic carbocycles. The third-order valence-electron chi connectivity index (χ3n) is 4.50. The molecule has 2 amide bonds. The summed E-state index contributed by atoms with van der Waals surface area (Å²) in [5.41, 5.74) is 7.21. The number of primary amides is 1. The molecule has 0 saturated carbocycles. The van der Waals surface area contributed by atoms with Crippen LogP contribution in [0.25, 0.3) is 11.1 Å². The maximum atomic E-state index is 12.2. The number of nitrogens with two attached hydrogens (primary N) is 1. The van der Waals surface area contributed by atoms with Crippen LogP contribution in [0.5, 0.6) is 0 Å². The molecule has 8 heteroatoms. The molecule has 8 nitrogen and oxygen atoms in total. The number of nitrogens with one attached hydrogen (secondary N) is 1. The molecule has 0 aliphatic heterocycles. The first-order valence-corrected chi connectivity index (χ1v) is 9.20. The molecule has 0 saturated heterocycles. The number of aromatic nitrogens is 1. The summed E-state index contributed by atoms with van der Waals surface area (Å²) in [7, 11) is 0. The Labute approximate surface area is 167 Å². The summed E-state index contributed by atoms with van der Waals surface area (Å²) in [5.74, 6) is -0.686. The van der Waals surface area contributed by atoms with Crippen LogP contribution in [-0.4, -0.2) is 28.1 Å². The fraction of sp³-hybridized carbons (Fsp3) is 0.286. The van der Waals surface area contributed by atoms with E-state index in [4.69, 9.17) is 14.9 Å². The predicted molar refractivity (Wildman–Crippen MR) is 106 cm³/mol. The lowest BCUT2D eigenvalue weighted by Gasteiger charge is -2.25. The number of carbonyl (C=O) groups excluding carboxylic acids is 2. The molecule has 2 unspecified atom stereocenters. The molecule has 2 atom stereocenters. The minimum absolute atomic E-state index is 0.0312. The number of aliphatic hydroxyl groups excluding tert-OH is 1. The van der Waals surface area contributed by atoms with E-state index in [0.717, 1.165) is 5.56 Å². The Kier molecular flexibility index (Phi) is 6.13. The van der Waals surface area contributed by atoms with E-state index in [1.54, 1.807) is 6.07 Å². The molecule has 0 aliphatic rings. The Hall–Kier alpha value is -3.39. The van der Waals surface area contributed by atoms with E-state index in [0.29, 0.717) is 11.1 Å². The number of aliphatic hydroxyl groups is 1. The first-order chi connectivity index (χ1) is 13.8. The molecular formula is C21H23N3O5. The van der Waals surface area contributed by atoms with Crippen LogP contribution in [0, 0.1) is 5.92 Å². The van der Waals surface area contributed by atoms with Gasteiger partial charge in [0, 0.05) is 5.56 Å². The molecule has 3 rings (SSSR count). The number of oxazole rings is 1. The zero-order valence-corrected chi connectivity index (χ0v) is 16.2. The third-order valence-corrected chi connectivity index (χ3v) is 4.50. The average molecular weight is 397 g/mol. The molecule has 0 bridgehead atoms. The fourth-order valence-corrected chi connectivity index (χ4v) is 2.89. The second kappa shape index (κ2) is 8.74. The molecule has 4 N–H and O–H groups in total. The van der Waals surface area contributed by atoms with Crippen molar-refractivity contribution in [3.8, 4) is 0 Å². The number of amides is 2. The number of alkyl carbamates (subject to hydrolysis) is 1. The lowest BCUT2D eigenvalue weighted by Crippen LogP contribution is -2.43. The second-order valence-corrected chi connectivity index (χ2v) is 7.02. The van der Waals surface area contributed by atoms with Gasteiger partial charge in [-0.3, -0.25) is 4.79 Å². The molecule has 0 radical (unpaired) electrons. The zero-order valence-electron chi connectivity index (χ0n) is 16.2. The molecule has 0 aliphatic carbocycles. The number of carbonyl (C=O) groups is 2. The summed E-state index contributed by atoms with van der Waals surface area (Å²) in [4.78, 5) is 27.8. The lowest BCUT2D eigenvalue weighted by atomic mass is 9.98. The van der Waals surface area contributed by atoms with Crippen molar-refractivity contribution in [3.05, 3.63) is 65.5 Å². The van der Waals surface area contributed by atoms with Crippen LogP contribution in [0.2, 0.25) is 0 Å². The van der Waals surface area contributed by atoms with Crippen LogP contribution in [0.15, 0.2) is 52.9 Å². The van der Waals surface area contributed by atoms with Crippen LogP contribution in [0.3, 0.4) is 0 Å². The molecule has 3 aromatic rings. The van der Waals surface area contributed by atoms with E-state index >= 15 is 0 Å². The number of fused-ring (bicyclic) bond motifs is 1. The molecular weight excluding hydrogens is 374 g/mol. The fourth-order valence-electron chi connectivity index (χ4n) is 2.89. The Balaban J connectivity index is 1.71. The van der Waals surface area contributed by atoms with Gasteiger partial charge in [0.15, 0.2) is 11.7 Å². The SMILES string of the molecule is CC(C)C(NC(=O)OCc1ccccc1)C(O)c1nc2cc(C(N)=O)ccc2o1. The molecule has 0 spiro atoms. The first-order valence-electron chi connectivity index (χ1n) is 9.20. The van der Waals surface area contributed by atoms with Gasteiger partial charge in [-0.1, -0.05) is 44.2 Å². The van der Waals surface area contributed by atoms with Gasteiger partial charge >= 0.3 is 6.09 Å². The number of benzene rings is 2. The molecule has 29 heavy (non-hydrogen) atoms. The quantitative estimate of drug-likeness (QED) is 0.562. The number of hydrogen-bond donors (Lipinski definition) is 3. The van der Waals surface area contributed by atoms with Crippen LogP contribution in [0.1, 0.15) is 41.8 Å². The highest BCUT2D eigenvalue weighted by molar-refractivity contribution is 5.95. The first kappa shape index (κ1) is 20.3. The molecule has 152 valence electrons. The van der Waals surface area contributed by atoms with Crippen LogP contribution < -0.4 is 11.1 Å². The van der Waals surface area contributed by atoms with Gasteiger partial charge < -0.3 is 25.3 Å². The van der Waals surface area contributed by atoms with Gasteiger partial charge in [0.1, 0.15) is 12.1 Å². The number of nitrogens with zero attached hydrogens (tertiary/aromatic N) is 1. The van der Waals surface area contributed by atoms with Gasteiger partial charge in [-0.05, 0) is 29.7 Å². The summed E-state index contributed by atoms with van der Waals surface area (Å²) in [6.07, 6.45) is -1.86. The minimum Gasteiger partial charge on any atom is -0.445 e. The van der Waals surface area contributed by atoms with Crippen LogP contribution >= 0.6 is 0 Å². The highest BCUT2D eigenvalue weighted by atomic mass is 16.5. The van der Waals surface area contributed by atoms with Crippen LogP contribution in [0.4, 0.5) is 4.79 Å². The van der Waals surface area contributed by atoms with Gasteiger partial charge in [-0.25, -0.2) is 9.78 Å². The van der Waals surface area contributed by atoms with E-state index in [1.165, 1.54) is 12.1 Å². The van der Waals surface area contributed by atoms with Crippen molar-refractivity contribution in [2.75, 3.05) is 0 Å². The minimum atomic E-state index is -1.20. The largest absolute Gasteiger partial charge is 0.445 e. The van der Waals surface area contributed by atoms with Gasteiger partial charge in [0.25, 0.3) is 0 Å². The van der Waals surface area contributed by atoms with Crippen molar-refractivity contribution >= 4 is 23.1 Å². The monoisotopic (exact) mass is 397 g/mol. The predicted octanol–water partition coefficient (Wildman–Crippen LogP) is 2.91.